The zero-order valence-corrected chi connectivity index (χ0v) is 21.0. The fraction of sp³-hybridized carbons (Fsp3) is 0.615. The quantitative estimate of drug-likeness (QED) is 0.290. The van der Waals surface area contributed by atoms with Gasteiger partial charge >= 0.3 is 6.09 Å². The number of hydrogen-bond donors (Lipinski definition) is 5. The van der Waals surface area contributed by atoms with Gasteiger partial charge in [-0.05, 0) is 56.4 Å². The predicted octanol–water partition coefficient (Wildman–Crippen LogP) is 1.40. The van der Waals surface area contributed by atoms with E-state index in [9.17, 15) is 29.4 Å². The number of carbonyl (C=O) groups is 4. The Bertz CT molecular complexity index is 949. The van der Waals surface area contributed by atoms with Crippen LogP contribution in [0.15, 0.2) is 30.3 Å². The molecule has 1 aromatic rings. The van der Waals surface area contributed by atoms with Crippen LogP contribution in [-0.2, 0) is 20.8 Å². The Hall–Kier alpha value is -3.14. The van der Waals surface area contributed by atoms with Crippen molar-refractivity contribution in [1.29, 1.82) is 0 Å². The van der Waals surface area contributed by atoms with Gasteiger partial charge in [0.2, 0.25) is 17.7 Å². The van der Waals surface area contributed by atoms with Crippen LogP contribution < -0.4 is 16.4 Å². The van der Waals surface area contributed by atoms with Crippen LogP contribution in [0.4, 0.5) is 4.79 Å². The average Bonchev–Trinajstić information content (AvgIpc) is 3.20. The first kappa shape index (κ1) is 27.4. The van der Waals surface area contributed by atoms with Gasteiger partial charge in [0.1, 0.15) is 6.04 Å². The number of benzene rings is 1. The minimum absolute atomic E-state index is 0.00317. The third-order valence-electron chi connectivity index (χ3n) is 7.39. The molecule has 1 saturated heterocycles. The summed E-state index contributed by atoms with van der Waals surface area (Å²) in [6.07, 6.45) is 0.501. The van der Waals surface area contributed by atoms with E-state index in [0.717, 1.165) is 12.0 Å². The summed E-state index contributed by atoms with van der Waals surface area (Å²) in [5.74, 6) is -2.33. The lowest BCUT2D eigenvalue weighted by Gasteiger charge is -2.52. The summed E-state index contributed by atoms with van der Waals surface area (Å²) in [5.41, 5.74) is 5.59. The zero-order valence-electron chi connectivity index (χ0n) is 21.0. The minimum Gasteiger partial charge on any atom is -0.465 e. The maximum Gasteiger partial charge on any atom is 0.408 e. The van der Waals surface area contributed by atoms with E-state index in [-0.39, 0.29) is 24.7 Å². The number of nitrogens with two attached hydrogens (primary N) is 1. The van der Waals surface area contributed by atoms with Crippen LogP contribution in [0, 0.1) is 11.8 Å². The fourth-order valence-corrected chi connectivity index (χ4v) is 5.43. The molecular formula is C26H38N4O6. The topological polar surface area (TPSA) is 162 Å². The van der Waals surface area contributed by atoms with Crippen molar-refractivity contribution in [3.8, 4) is 0 Å². The molecule has 2 unspecified atom stereocenters. The highest BCUT2D eigenvalue weighted by molar-refractivity contribution is 5.88. The van der Waals surface area contributed by atoms with E-state index in [4.69, 9.17) is 5.73 Å². The van der Waals surface area contributed by atoms with E-state index in [0.29, 0.717) is 32.2 Å². The highest BCUT2D eigenvalue weighted by atomic mass is 16.4. The summed E-state index contributed by atoms with van der Waals surface area (Å²) in [6.45, 7) is 4.29. The normalized spacial score (nSPS) is 21.1. The van der Waals surface area contributed by atoms with Gasteiger partial charge < -0.3 is 26.6 Å². The Balaban J connectivity index is 1.89. The summed E-state index contributed by atoms with van der Waals surface area (Å²) in [6, 6.07) is 7.45. The second kappa shape index (κ2) is 11.7. The third kappa shape index (κ3) is 6.34. The van der Waals surface area contributed by atoms with Crippen LogP contribution in [0.25, 0.3) is 0 Å². The lowest BCUT2D eigenvalue weighted by atomic mass is 9.70. The highest BCUT2D eigenvalue weighted by Crippen LogP contribution is 2.42. The number of nitrogens with zero attached hydrogens (tertiary/aromatic N) is 1. The van der Waals surface area contributed by atoms with Gasteiger partial charge in [0.15, 0.2) is 6.10 Å². The third-order valence-corrected chi connectivity index (χ3v) is 7.39. The van der Waals surface area contributed by atoms with Gasteiger partial charge in [-0.1, -0.05) is 44.2 Å². The van der Waals surface area contributed by atoms with E-state index in [1.165, 1.54) is 4.90 Å². The second-order valence-corrected chi connectivity index (χ2v) is 10.5. The number of nitrogens with one attached hydrogen (secondary N) is 2. The molecule has 2 fully saturated rings. The Morgan fingerprint density at radius 2 is 1.89 bits per heavy atom. The minimum atomic E-state index is -1.71. The van der Waals surface area contributed by atoms with Crippen molar-refractivity contribution in [3.63, 3.8) is 0 Å². The van der Waals surface area contributed by atoms with Crippen LogP contribution in [0.5, 0.6) is 0 Å². The predicted molar refractivity (Wildman–Crippen MR) is 133 cm³/mol. The molecule has 1 aliphatic heterocycles. The molecule has 0 bridgehead atoms. The molecule has 3 rings (SSSR count). The summed E-state index contributed by atoms with van der Waals surface area (Å²) < 4.78 is 0. The molecule has 4 atom stereocenters. The van der Waals surface area contributed by atoms with E-state index in [1.54, 1.807) is 0 Å². The van der Waals surface area contributed by atoms with Gasteiger partial charge in [-0.3, -0.25) is 19.3 Å². The van der Waals surface area contributed by atoms with E-state index in [1.807, 2.05) is 44.2 Å². The van der Waals surface area contributed by atoms with E-state index >= 15 is 0 Å². The Morgan fingerprint density at radius 1 is 1.22 bits per heavy atom. The standard InChI is InChI=1S/C26H38N4O6/c1-16(2)13-20(24(34)29-19(21(31)22(27)32)14-18-9-12-28-23(18)33)30(25(35)36)26(10-6-11-26)15-17-7-4-3-5-8-17/h3-5,7-8,16,18-21,31H,6,9-15H2,1-2H3,(H2,27,32)(H,28,33)(H,29,34)(H,35,36)/t18?,19-,20-,21?/m0/s1. The number of carbonyl (C=O) groups excluding carboxylic acids is 3. The number of hydrogen-bond acceptors (Lipinski definition) is 5. The Labute approximate surface area is 211 Å². The number of aliphatic hydroxyl groups excluding tert-OH is 1. The molecule has 1 aliphatic carbocycles. The second-order valence-electron chi connectivity index (χ2n) is 10.5. The van der Waals surface area contributed by atoms with Crippen molar-refractivity contribution in [2.75, 3.05) is 6.54 Å². The number of carboxylic acid groups (broad SMARTS) is 1. The van der Waals surface area contributed by atoms with E-state index in [2.05, 4.69) is 10.6 Å². The SMILES string of the molecule is CC(C)C[C@@H](C(=O)N[C@@H](CC1CCNC1=O)C(O)C(N)=O)N(C(=O)O)C1(Cc2ccccc2)CCC1. The fourth-order valence-electron chi connectivity index (χ4n) is 5.43. The highest BCUT2D eigenvalue weighted by Gasteiger charge is 2.50. The molecular weight excluding hydrogens is 464 g/mol. The van der Waals surface area contributed by atoms with E-state index < -0.39 is 47.6 Å². The first-order chi connectivity index (χ1) is 17.0. The van der Waals surface area contributed by atoms with Crippen molar-refractivity contribution in [3.05, 3.63) is 35.9 Å². The molecule has 2 aliphatic rings. The molecule has 1 aromatic carbocycles. The van der Waals surface area contributed by atoms with Gasteiger partial charge in [-0.25, -0.2) is 4.79 Å². The first-order valence-corrected chi connectivity index (χ1v) is 12.7. The van der Waals surface area contributed by atoms with Crippen molar-refractivity contribution in [2.45, 2.75) is 82.5 Å². The molecule has 198 valence electrons. The van der Waals surface area contributed by atoms with Crippen molar-refractivity contribution in [1.82, 2.24) is 15.5 Å². The molecule has 10 heteroatoms. The van der Waals surface area contributed by atoms with Crippen molar-refractivity contribution < 1.29 is 29.4 Å². The lowest BCUT2D eigenvalue weighted by molar-refractivity contribution is -0.135. The summed E-state index contributed by atoms with van der Waals surface area (Å²) >= 11 is 0. The monoisotopic (exact) mass is 502 g/mol. The molecule has 10 nitrogen and oxygen atoms in total. The van der Waals surface area contributed by atoms with Gasteiger partial charge in [0, 0.05) is 12.5 Å². The van der Waals surface area contributed by atoms with Crippen molar-refractivity contribution >= 4 is 23.8 Å². The molecule has 4 amide bonds. The first-order valence-electron chi connectivity index (χ1n) is 12.7. The lowest BCUT2D eigenvalue weighted by Crippen LogP contribution is -2.65. The maximum atomic E-state index is 13.7. The average molecular weight is 503 g/mol. The molecule has 1 saturated carbocycles. The molecule has 1 heterocycles. The number of primary amides is 1. The maximum absolute atomic E-state index is 13.7. The molecule has 36 heavy (non-hydrogen) atoms. The van der Waals surface area contributed by atoms with Gasteiger partial charge in [-0.2, -0.15) is 0 Å². The molecule has 0 radical (unpaired) electrons. The number of amides is 4. The Morgan fingerprint density at radius 3 is 2.36 bits per heavy atom. The Kier molecular flexibility index (Phi) is 8.94. The largest absolute Gasteiger partial charge is 0.465 e. The van der Waals surface area contributed by atoms with Crippen LogP contribution >= 0.6 is 0 Å². The van der Waals surface area contributed by atoms with Gasteiger partial charge in [0.05, 0.1) is 11.6 Å². The molecule has 0 aromatic heterocycles. The number of rotatable bonds is 12. The van der Waals surface area contributed by atoms with Crippen molar-refractivity contribution in [2.24, 2.45) is 17.6 Å². The van der Waals surface area contributed by atoms with Crippen LogP contribution in [0.1, 0.15) is 57.9 Å². The van der Waals surface area contributed by atoms with Crippen LogP contribution in [-0.4, -0.2) is 69.2 Å². The van der Waals surface area contributed by atoms with Gasteiger partial charge in [-0.15, -0.1) is 0 Å². The van der Waals surface area contributed by atoms with Crippen LogP contribution in [0.3, 0.4) is 0 Å². The molecule has 0 spiro atoms. The zero-order chi connectivity index (χ0) is 26.5. The summed E-state index contributed by atoms with van der Waals surface area (Å²) in [4.78, 5) is 51.5. The summed E-state index contributed by atoms with van der Waals surface area (Å²) in [5, 5.41) is 26.2. The smallest absolute Gasteiger partial charge is 0.408 e. The van der Waals surface area contributed by atoms with Crippen LogP contribution in [0.2, 0.25) is 0 Å². The number of aliphatic hydroxyl groups is 1. The van der Waals surface area contributed by atoms with Gasteiger partial charge in [0.25, 0.3) is 0 Å². The summed E-state index contributed by atoms with van der Waals surface area (Å²) in [7, 11) is 0. The molecule has 6 N–H and O–H groups in total.